The van der Waals surface area contributed by atoms with E-state index in [0.29, 0.717) is 43.4 Å². The van der Waals surface area contributed by atoms with Gasteiger partial charge in [-0.05, 0) is 55.0 Å². The predicted molar refractivity (Wildman–Crippen MR) is 134 cm³/mol. The number of nitrogens with zero attached hydrogens (tertiary/aromatic N) is 3. The van der Waals surface area contributed by atoms with Crippen molar-refractivity contribution in [3.63, 3.8) is 0 Å². The lowest BCUT2D eigenvalue weighted by molar-refractivity contribution is 0.208. The number of carbonyl (C=O) groups is 2. The van der Waals surface area contributed by atoms with Crippen LogP contribution >= 0.6 is 0 Å². The van der Waals surface area contributed by atoms with Crippen LogP contribution in [0.3, 0.4) is 0 Å². The average molecular weight is 479 g/mol. The molecule has 4 rings (SSSR count). The lowest BCUT2D eigenvalue weighted by Crippen LogP contribution is -2.50. The number of piperazine rings is 1. The summed E-state index contributed by atoms with van der Waals surface area (Å²) in [6, 6.07) is 14.4. The Bertz CT molecular complexity index is 1200. The number of amides is 4. The maximum atomic E-state index is 13.5. The van der Waals surface area contributed by atoms with Crippen molar-refractivity contribution in [1.82, 2.24) is 9.88 Å². The van der Waals surface area contributed by atoms with E-state index in [2.05, 4.69) is 25.8 Å². The molecule has 2 heterocycles. The standard InChI is InChI=1S/C25H27FN6O3/c1-17-4-3-11-27-23(17)30-25(34)32-14-12-31(13-15-32)20-8-6-19(7-9-20)28-24(33)29-21-16-18(26)5-10-22(21)35-2/h3-11,16H,12-15H2,1-2H3,(H,27,30,34)(H2,28,29,33). The first kappa shape index (κ1) is 23.8. The number of carbonyl (C=O) groups excluding carboxylic acids is 2. The normalized spacial score (nSPS) is 13.2. The molecule has 3 N–H and O–H groups in total. The van der Waals surface area contributed by atoms with Crippen molar-refractivity contribution in [3.05, 3.63) is 72.2 Å². The van der Waals surface area contributed by atoms with Crippen molar-refractivity contribution in [2.45, 2.75) is 6.92 Å². The third kappa shape index (κ3) is 5.97. The molecule has 1 saturated heterocycles. The Balaban J connectivity index is 1.29. The first-order valence-electron chi connectivity index (χ1n) is 11.2. The molecule has 1 aliphatic heterocycles. The van der Waals surface area contributed by atoms with E-state index in [1.165, 1.54) is 25.3 Å². The molecule has 3 aromatic rings. The molecular weight excluding hydrogens is 451 g/mol. The van der Waals surface area contributed by atoms with Crippen molar-refractivity contribution >= 4 is 34.9 Å². The Morgan fingerprint density at radius 1 is 0.971 bits per heavy atom. The van der Waals surface area contributed by atoms with Gasteiger partial charge in [-0.3, -0.25) is 5.32 Å². The SMILES string of the molecule is COc1ccc(F)cc1NC(=O)Nc1ccc(N2CCN(C(=O)Nc3ncccc3C)CC2)cc1. The van der Waals surface area contributed by atoms with Crippen LogP contribution < -0.4 is 25.6 Å². The predicted octanol–water partition coefficient (Wildman–Crippen LogP) is 4.54. The number of hydrogen-bond donors (Lipinski definition) is 3. The number of benzene rings is 2. The fourth-order valence-electron chi connectivity index (χ4n) is 3.78. The molecule has 9 nitrogen and oxygen atoms in total. The topological polar surface area (TPSA) is 98.8 Å². The van der Waals surface area contributed by atoms with Gasteiger partial charge in [0.1, 0.15) is 17.4 Å². The number of nitrogens with one attached hydrogen (secondary N) is 3. The average Bonchev–Trinajstić information content (AvgIpc) is 2.86. The Kier molecular flexibility index (Phi) is 7.30. The van der Waals surface area contributed by atoms with E-state index in [4.69, 9.17) is 4.74 Å². The number of urea groups is 2. The highest BCUT2D eigenvalue weighted by Gasteiger charge is 2.22. The van der Waals surface area contributed by atoms with Crippen molar-refractivity contribution in [2.75, 3.05) is 54.1 Å². The second-order valence-electron chi connectivity index (χ2n) is 8.04. The third-order valence-corrected chi connectivity index (χ3v) is 5.70. The van der Waals surface area contributed by atoms with Gasteiger partial charge in [0, 0.05) is 49.8 Å². The van der Waals surface area contributed by atoms with E-state index in [1.54, 1.807) is 23.2 Å². The van der Waals surface area contributed by atoms with Gasteiger partial charge in [0.15, 0.2) is 0 Å². The summed E-state index contributed by atoms with van der Waals surface area (Å²) in [5.41, 5.74) is 2.73. The molecule has 2 aromatic carbocycles. The number of aryl methyl sites for hydroxylation is 1. The number of ether oxygens (including phenoxy) is 1. The first-order chi connectivity index (χ1) is 16.9. The van der Waals surface area contributed by atoms with Crippen LogP contribution in [-0.2, 0) is 0 Å². The fraction of sp³-hybridized carbons (Fsp3) is 0.240. The molecule has 35 heavy (non-hydrogen) atoms. The van der Waals surface area contributed by atoms with Crippen LogP contribution in [0.5, 0.6) is 5.75 Å². The maximum absolute atomic E-state index is 13.5. The molecule has 0 aliphatic carbocycles. The van der Waals surface area contributed by atoms with Crippen LogP contribution in [0.25, 0.3) is 0 Å². The van der Waals surface area contributed by atoms with Crippen LogP contribution in [0.2, 0.25) is 0 Å². The highest BCUT2D eigenvalue weighted by Crippen LogP contribution is 2.25. The van der Waals surface area contributed by atoms with E-state index in [-0.39, 0.29) is 11.7 Å². The molecule has 4 amide bonds. The minimum absolute atomic E-state index is 0.160. The third-order valence-electron chi connectivity index (χ3n) is 5.70. The molecular formula is C25H27FN6O3. The molecule has 0 radical (unpaired) electrons. The molecule has 0 saturated carbocycles. The van der Waals surface area contributed by atoms with Gasteiger partial charge in [0.25, 0.3) is 0 Å². The summed E-state index contributed by atoms with van der Waals surface area (Å²) >= 11 is 0. The number of hydrogen-bond acceptors (Lipinski definition) is 5. The smallest absolute Gasteiger partial charge is 0.323 e. The second kappa shape index (κ2) is 10.7. The van der Waals surface area contributed by atoms with Crippen molar-refractivity contribution in [3.8, 4) is 5.75 Å². The number of aromatic nitrogens is 1. The van der Waals surface area contributed by atoms with Gasteiger partial charge in [-0.25, -0.2) is 19.0 Å². The van der Waals surface area contributed by atoms with Gasteiger partial charge in [-0.2, -0.15) is 0 Å². The maximum Gasteiger partial charge on any atom is 0.323 e. The number of pyridine rings is 1. The largest absolute Gasteiger partial charge is 0.495 e. The van der Waals surface area contributed by atoms with Crippen molar-refractivity contribution in [1.29, 1.82) is 0 Å². The number of rotatable bonds is 5. The van der Waals surface area contributed by atoms with Gasteiger partial charge in [0.05, 0.1) is 12.8 Å². The quantitative estimate of drug-likeness (QED) is 0.500. The minimum Gasteiger partial charge on any atom is -0.495 e. The monoisotopic (exact) mass is 478 g/mol. The first-order valence-corrected chi connectivity index (χ1v) is 11.2. The van der Waals surface area contributed by atoms with Gasteiger partial charge < -0.3 is 25.2 Å². The summed E-state index contributed by atoms with van der Waals surface area (Å²) < 4.78 is 18.6. The lowest BCUT2D eigenvalue weighted by Gasteiger charge is -2.36. The molecule has 0 unspecified atom stereocenters. The summed E-state index contributed by atoms with van der Waals surface area (Å²) in [5, 5.41) is 8.19. The summed E-state index contributed by atoms with van der Waals surface area (Å²) in [5.74, 6) is 0.456. The molecule has 10 heteroatoms. The van der Waals surface area contributed by atoms with Gasteiger partial charge in [0.2, 0.25) is 0 Å². The van der Waals surface area contributed by atoms with Crippen LogP contribution in [0.15, 0.2) is 60.8 Å². The number of halogens is 1. The number of anilines is 4. The van der Waals surface area contributed by atoms with Gasteiger partial charge in [-0.15, -0.1) is 0 Å². The molecule has 0 bridgehead atoms. The van der Waals surface area contributed by atoms with Crippen LogP contribution in [0.1, 0.15) is 5.56 Å². The van der Waals surface area contributed by atoms with Crippen LogP contribution in [-0.4, -0.2) is 55.2 Å². The summed E-state index contributed by atoms with van der Waals surface area (Å²) in [4.78, 5) is 33.1. The molecule has 182 valence electrons. The zero-order valence-corrected chi connectivity index (χ0v) is 19.5. The molecule has 1 aromatic heterocycles. The van der Waals surface area contributed by atoms with E-state index in [1.807, 2.05) is 31.2 Å². The Labute approximate surface area is 202 Å². The summed E-state index contributed by atoms with van der Waals surface area (Å²) in [7, 11) is 1.45. The molecule has 0 atom stereocenters. The minimum atomic E-state index is -0.510. The van der Waals surface area contributed by atoms with E-state index < -0.39 is 11.8 Å². The van der Waals surface area contributed by atoms with Gasteiger partial charge >= 0.3 is 12.1 Å². The lowest BCUT2D eigenvalue weighted by atomic mass is 10.2. The highest BCUT2D eigenvalue weighted by atomic mass is 19.1. The molecule has 0 spiro atoms. The van der Waals surface area contributed by atoms with Crippen molar-refractivity contribution in [2.24, 2.45) is 0 Å². The molecule has 1 fully saturated rings. The summed E-state index contributed by atoms with van der Waals surface area (Å²) in [6.45, 7) is 4.43. The van der Waals surface area contributed by atoms with E-state index >= 15 is 0 Å². The van der Waals surface area contributed by atoms with Crippen LogP contribution in [0, 0.1) is 12.7 Å². The fourth-order valence-corrected chi connectivity index (χ4v) is 3.78. The summed E-state index contributed by atoms with van der Waals surface area (Å²) in [6.07, 6.45) is 1.65. The Morgan fingerprint density at radius 2 is 1.71 bits per heavy atom. The highest BCUT2D eigenvalue weighted by molar-refractivity contribution is 6.00. The van der Waals surface area contributed by atoms with Crippen molar-refractivity contribution < 1.29 is 18.7 Å². The second-order valence-corrected chi connectivity index (χ2v) is 8.04. The zero-order chi connectivity index (χ0) is 24.8. The Hall–Kier alpha value is -4.34. The van der Waals surface area contributed by atoms with E-state index in [0.717, 1.165) is 11.3 Å². The zero-order valence-electron chi connectivity index (χ0n) is 19.5. The van der Waals surface area contributed by atoms with Crippen LogP contribution in [0.4, 0.5) is 36.9 Å². The van der Waals surface area contributed by atoms with Gasteiger partial charge in [-0.1, -0.05) is 6.07 Å². The number of methoxy groups -OCH3 is 1. The van der Waals surface area contributed by atoms with E-state index in [9.17, 15) is 14.0 Å². The molecule has 1 aliphatic rings. The Morgan fingerprint density at radius 3 is 2.40 bits per heavy atom.